The Balaban J connectivity index is 2.39. The maximum Gasteiger partial charge on any atom is 0.150 e. The zero-order valence-electron chi connectivity index (χ0n) is 11.4. The third-order valence-electron chi connectivity index (χ3n) is 3.53. The number of ketones is 1. The first-order valence-corrected chi connectivity index (χ1v) is 8.70. The maximum absolute atomic E-state index is 12.0. The molecule has 2 unspecified atom stereocenters. The zero-order chi connectivity index (χ0) is 13.6. The average molecular weight is 276 g/mol. The number of sulfone groups is 1. The third-order valence-corrected chi connectivity index (χ3v) is 5.17. The van der Waals surface area contributed by atoms with Crippen molar-refractivity contribution in [3.8, 4) is 0 Å². The summed E-state index contributed by atoms with van der Waals surface area (Å²) in [4.78, 5) is 12.0. The minimum atomic E-state index is -3.00. The minimum absolute atomic E-state index is 0.0799. The van der Waals surface area contributed by atoms with Gasteiger partial charge in [0.2, 0.25) is 0 Å². The molecule has 2 atom stereocenters. The third kappa shape index (κ3) is 5.06. The van der Waals surface area contributed by atoms with E-state index in [1.165, 1.54) is 6.26 Å². The Bertz CT molecular complexity index is 361. The van der Waals surface area contributed by atoms with E-state index >= 15 is 0 Å². The topological polar surface area (TPSA) is 60.4 Å². The normalized spacial score (nSPS) is 25.0. The lowest BCUT2D eigenvalue weighted by Gasteiger charge is -2.27. The Hall–Kier alpha value is -0.420. The van der Waals surface area contributed by atoms with Gasteiger partial charge in [-0.25, -0.2) is 8.42 Å². The van der Waals surface area contributed by atoms with Gasteiger partial charge in [-0.15, -0.1) is 0 Å². The van der Waals surface area contributed by atoms with Crippen LogP contribution in [0.15, 0.2) is 0 Å². The van der Waals surface area contributed by atoms with Crippen LogP contribution in [-0.4, -0.2) is 38.9 Å². The summed E-state index contributed by atoms with van der Waals surface area (Å²) >= 11 is 0. The Morgan fingerprint density at radius 1 is 1.28 bits per heavy atom. The first kappa shape index (κ1) is 15.6. The van der Waals surface area contributed by atoms with Crippen molar-refractivity contribution < 1.29 is 17.9 Å². The highest BCUT2D eigenvalue weighted by atomic mass is 32.2. The van der Waals surface area contributed by atoms with Crippen LogP contribution in [-0.2, 0) is 19.4 Å². The van der Waals surface area contributed by atoms with E-state index in [9.17, 15) is 13.2 Å². The van der Waals surface area contributed by atoms with Crippen molar-refractivity contribution in [3.63, 3.8) is 0 Å². The minimum Gasteiger partial charge on any atom is -0.381 e. The molecule has 1 rings (SSSR count). The van der Waals surface area contributed by atoms with Gasteiger partial charge in [0.1, 0.15) is 15.6 Å². The van der Waals surface area contributed by atoms with E-state index in [1.54, 1.807) is 0 Å². The van der Waals surface area contributed by atoms with Gasteiger partial charge in [-0.1, -0.05) is 13.3 Å². The second-order valence-corrected chi connectivity index (χ2v) is 7.47. The Labute approximate surface area is 110 Å². The second-order valence-electron chi connectivity index (χ2n) is 5.14. The summed E-state index contributed by atoms with van der Waals surface area (Å²) in [7, 11) is -3.00. The van der Waals surface area contributed by atoms with E-state index in [0.717, 1.165) is 19.3 Å². The summed E-state index contributed by atoms with van der Waals surface area (Å²) in [6.07, 6.45) is 5.52. The lowest BCUT2D eigenvalue weighted by molar-refractivity contribution is -0.124. The molecule has 0 saturated heterocycles. The molecule has 0 aromatic carbocycles. The fraction of sp³-hybridized carbons (Fsp3) is 0.923. The number of carbonyl (C=O) groups is 1. The lowest BCUT2D eigenvalue weighted by atomic mass is 9.85. The molecule has 0 heterocycles. The van der Waals surface area contributed by atoms with E-state index in [-0.39, 0.29) is 17.0 Å². The van der Waals surface area contributed by atoms with E-state index in [1.807, 2.05) is 6.92 Å². The fourth-order valence-corrected chi connectivity index (χ4v) is 3.63. The van der Waals surface area contributed by atoms with Crippen molar-refractivity contribution in [2.24, 2.45) is 5.92 Å². The van der Waals surface area contributed by atoms with Crippen molar-refractivity contribution in [1.29, 1.82) is 0 Å². The van der Waals surface area contributed by atoms with Crippen molar-refractivity contribution >= 4 is 15.6 Å². The number of Topliss-reactive ketones (excluding diaryl/α,β-unsaturated/α-hetero) is 1. The molecule has 0 aromatic heterocycles. The maximum atomic E-state index is 12.0. The molecule has 0 N–H and O–H groups in total. The van der Waals surface area contributed by atoms with Crippen LogP contribution in [0.4, 0.5) is 0 Å². The first-order chi connectivity index (χ1) is 8.45. The van der Waals surface area contributed by atoms with E-state index < -0.39 is 9.84 Å². The molecule has 0 amide bonds. The number of rotatable bonds is 7. The van der Waals surface area contributed by atoms with Crippen LogP contribution in [0.3, 0.4) is 0 Å². The van der Waals surface area contributed by atoms with Gasteiger partial charge in [0.25, 0.3) is 0 Å². The molecule has 1 fully saturated rings. The Morgan fingerprint density at radius 3 is 2.61 bits per heavy atom. The van der Waals surface area contributed by atoms with Crippen LogP contribution in [0.1, 0.15) is 45.4 Å². The van der Waals surface area contributed by atoms with Gasteiger partial charge in [-0.05, 0) is 25.7 Å². The van der Waals surface area contributed by atoms with Crippen molar-refractivity contribution in [1.82, 2.24) is 0 Å². The largest absolute Gasteiger partial charge is 0.381 e. The van der Waals surface area contributed by atoms with Gasteiger partial charge >= 0.3 is 0 Å². The number of carbonyl (C=O) groups excluding carboxylic acids is 1. The molecule has 5 heteroatoms. The lowest BCUT2D eigenvalue weighted by Crippen LogP contribution is -2.31. The number of hydrogen-bond donors (Lipinski definition) is 0. The molecule has 0 bridgehead atoms. The highest BCUT2D eigenvalue weighted by molar-refractivity contribution is 7.91. The molecule has 0 radical (unpaired) electrons. The van der Waals surface area contributed by atoms with Crippen LogP contribution in [0.2, 0.25) is 0 Å². The SMILES string of the molecule is CCCOCCC(=O)C1CCCC(S(C)(=O)=O)C1. The Morgan fingerprint density at radius 2 is 2.00 bits per heavy atom. The van der Waals surface area contributed by atoms with E-state index in [0.29, 0.717) is 32.5 Å². The molecule has 0 aromatic rings. The van der Waals surface area contributed by atoms with Crippen LogP contribution in [0.5, 0.6) is 0 Å². The molecule has 0 spiro atoms. The molecule has 1 saturated carbocycles. The summed E-state index contributed by atoms with van der Waals surface area (Å²) < 4.78 is 28.3. The van der Waals surface area contributed by atoms with Crippen molar-refractivity contribution in [2.45, 2.75) is 50.7 Å². The molecule has 18 heavy (non-hydrogen) atoms. The van der Waals surface area contributed by atoms with Gasteiger partial charge < -0.3 is 4.74 Å². The van der Waals surface area contributed by atoms with Crippen molar-refractivity contribution in [2.75, 3.05) is 19.5 Å². The van der Waals surface area contributed by atoms with Gasteiger partial charge in [-0.3, -0.25) is 4.79 Å². The molecule has 4 nitrogen and oxygen atoms in total. The van der Waals surface area contributed by atoms with Gasteiger partial charge in [0.15, 0.2) is 0 Å². The molecular weight excluding hydrogens is 252 g/mol. The van der Waals surface area contributed by atoms with Gasteiger partial charge in [0.05, 0.1) is 11.9 Å². The van der Waals surface area contributed by atoms with Crippen molar-refractivity contribution in [3.05, 3.63) is 0 Å². The highest BCUT2D eigenvalue weighted by Crippen LogP contribution is 2.29. The van der Waals surface area contributed by atoms with Gasteiger partial charge in [0, 0.05) is 25.2 Å². The second kappa shape index (κ2) is 7.24. The molecule has 1 aliphatic rings. The summed E-state index contributed by atoms with van der Waals surface area (Å²) in [5.41, 5.74) is 0. The molecule has 1 aliphatic carbocycles. The first-order valence-electron chi connectivity index (χ1n) is 6.74. The summed E-state index contributed by atoms with van der Waals surface area (Å²) in [6.45, 7) is 3.18. The molecule has 0 aliphatic heterocycles. The van der Waals surface area contributed by atoms with Crippen LogP contribution in [0, 0.1) is 5.92 Å². The van der Waals surface area contributed by atoms with Gasteiger partial charge in [-0.2, -0.15) is 0 Å². The van der Waals surface area contributed by atoms with E-state index in [4.69, 9.17) is 4.74 Å². The van der Waals surface area contributed by atoms with Crippen LogP contribution < -0.4 is 0 Å². The number of ether oxygens (including phenoxy) is 1. The molecule has 106 valence electrons. The number of hydrogen-bond acceptors (Lipinski definition) is 4. The summed E-state index contributed by atoms with van der Waals surface area (Å²) in [5, 5.41) is -0.322. The highest BCUT2D eigenvalue weighted by Gasteiger charge is 2.31. The standard InChI is InChI=1S/C13H24O4S/c1-3-8-17-9-7-13(14)11-5-4-6-12(10-11)18(2,15)16/h11-12H,3-10H2,1-2H3. The summed E-state index contributed by atoms with van der Waals surface area (Å²) in [6, 6.07) is 0. The monoisotopic (exact) mass is 276 g/mol. The molecular formula is C13H24O4S. The zero-order valence-corrected chi connectivity index (χ0v) is 12.2. The average Bonchev–Trinajstić information content (AvgIpc) is 2.33. The predicted molar refractivity (Wildman–Crippen MR) is 71.3 cm³/mol. The van der Waals surface area contributed by atoms with Crippen LogP contribution in [0.25, 0.3) is 0 Å². The quantitative estimate of drug-likeness (QED) is 0.667. The van der Waals surface area contributed by atoms with E-state index in [2.05, 4.69) is 0 Å². The fourth-order valence-electron chi connectivity index (χ4n) is 2.45. The predicted octanol–water partition coefficient (Wildman–Crippen LogP) is 1.98. The Kier molecular flexibility index (Phi) is 6.29. The smallest absolute Gasteiger partial charge is 0.150 e. The van der Waals surface area contributed by atoms with Crippen LogP contribution >= 0.6 is 0 Å². The summed E-state index contributed by atoms with van der Waals surface area (Å²) in [5.74, 6) is 0.0863.